The maximum Gasteiger partial charge on any atom is 0.136 e. The number of hydrogen-bond acceptors (Lipinski definition) is 3. The fourth-order valence-corrected chi connectivity index (χ4v) is 4.08. The van der Waals surface area contributed by atoms with Gasteiger partial charge in [-0.3, -0.25) is 9.69 Å². The highest BCUT2D eigenvalue weighted by molar-refractivity contribution is 5.81. The minimum Gasteiger partial charge on any atom is -0.378 e. The molecule has 2 saturated heterocycles. The van der Waals surface area contributed by atoms with Crippen LogP contribution in [0.25, 0.3) is 0 Å². The predicted molar refractivity (Wildman–Crippen MR) is 85.5 cm³/mol. The van der Waals surface area contributed by atoms with E-state index < -0.39 is 0 Å². The first-order valence-corrected chi connectivity index (χ1v) is 8.69. The van der Waals surface area contributed by atoms with Crippen molar-refractivity contribution in [2.24, 2.45) is 11.8 Å². The van der Waals surface area contributed by atoms with Crippen molar-refractivity contribution in [3.8, 4) is 0 Å². The average Bonchev–Trinajstić information content (AvgIpc) is 3.32. The highest BCUT2D eigenvalue weighted by atomic mass is 16.5. The van der Waals surface area contributed by atoms with Crippen molar-refractivity contribution in [3.05, 3.63) is 35.9 Å². The zero-order chi connectivity index (χ0) is 14.9. The van der Waals surface area contributed by atoms with Crippen LogP contribution in [0.15, 0.2) is 30.3 Å². The topological polar surface area (TPSA) is 29.5 Å². The summed E-state index contributed by atoms with van der Waals surface area (Å²) in [4.78, 5) is 15.1. The van der Waals surface area contributed by atoms with Gasteiger partial charge in [-0.2, -0.15) is 0 Å². The molecule has 3 aliphatic rings. The second kappa shape index (κ2) is 6.13. The van der Waals surface area contributed by atoms with Crippen molar-refractivity contribution in [2.75, 3.05) is 13.2 Å². The molecule has 3 heteroatoms. The van der Waals surface area contributed by atoms with Gasteiger partial charge in [0.05, 0.1) is 13.2 Å². The second-order valence-corrected chi connectivity index (χ2v) is 7.29. The molecule has 2 atom stereocenters. The number of rotatable bonds is 5. The van der Waals surface area contributed by atoms with E-state index in [0.29, 0.717) is 23.8 Å². The highest BCUT2D eigenvalue weighted by Crippen LogP contribution is 2.38. The molecule has 3 nitrogen and oxygen atoms in total. The number of morpholine rings is 1. The average molecular weight is 299 g/mol. The van der Waals surface area contributed by atoms with Crippen LogP contribution >= 0.6 is 0 Å². The Bertz CT molecular complexity index is 511. The van der Waals surface area contributed by atoms with Gasteiger partial charge in [-0.15, -0.1) is 0 Å². The van der Waals surface area contributed by atoms with Gasteiger partial charge in [-0.1, -0.05) is 30.3 Å². The Morgan fingerprint density at radius 3 is 2.41 bits per heavy atom. The van der Waals surface area contributed by atoms with Crippen molar-refractivity contribution in [1.29, 1.82) is 0 Å². The first-order chi connectivity index (χ1) is 10.8. The Kier molecular flexibility index (Phi) is 4.01. The van der Waals surface area contributed by atoms with E-state index in [1.165, 1.54) is 18.4 Å². The molecule has 0 N–H and O–H groups in total. The molecule has 1 aromatic carbocycles. The van der Waals surface area contributed by atoms with Crippen LogP contribution in [0.3, 0.4) is 0 Å². The lowest BCUT2D eigenvalue weighted by Gasteiger charge is -2.48. The standard InChI is InChI=1S/C19H25NO2/c21-19(8-14-6-7-14)16-9-17-12-22-13-18(10-16)20(17)11-15-4-2-1-3-5-15/h1-5,14,16-18H,6-13H2. The summed E-state index contributed by atoms with van der Waals surface area (Å²) in [5.41, 5.74) is 1.36. The van der Waals surface area contributed by atoms with E-state index in [0.717, 1.165) is 39.0 Å². The molecule has 118 valence electrons. The SMILES string of the molecule is O=C(CC1CC1)C1CC2COCC(C1)N2Cc1ccccc1. The van der Waals surface area contributed by atoms with Gasteiger partial charge in [0.1, 0.15) is 5.78 Å². The minimum atomic E-state index is 0.284. The molecule has 1 saturated carbocycles. The molecular formula is C19H25NO2. The van der Waals surface area contributed by atoms with E-state index in [1.807, 2.05) is 0 Å². The lowest BCUT2D eigenvalue weighted by molar-refractivity contribution is -0.133. The van der Waals surface area contributed by atoms with Gasteiger partial charge < -0.3 is 4.74 Å². The van der Waals surface area contributed by atoms with Crippen molar-refractivity contribution in [1.82, 2.24) is 4.90 Å². The van der Waals surface area contributed by atoms with E-state index in [-0.39, 0.29) is 5.92 Å². The first kappa shape index (κ1) is 14.4. The summed E-state index contributed by atoms with van der Waals surface area (Å²) in [6.07, 6.45) is 5.37. The number of benzene rings is 1. The van der Waals surface area contributed by atoms with Crippen LogP contribution in [0.2, 0.25) is 0 Å². The molecule has 2 aliphatic heterocycles. The number of carbonyl (C=O) groups is 1. The Balaban J connectivity index is 1.43. The molecule has 4 rings (SSSR count). The van der Waals surface area contributed by atoms with E-state index in [9.17, 15) is 4.79 Å². The summed E-state index contributed by atoms with van der Waals surface area (Å²) in [6.45, 7) is 2.57. The Morgan fingerprint density at radius 2 is 1.77 bits per heavy atom. The first-order valence-electron chi connectivity index (χ1n) is 8.69. The summed E-state index contributed by atoms with van der Waals surface area (Å²) < 4.78 is 5.77. The van der Waals surface area contributed by atoms with E-state index in [2.05, 4.69) is 35.2 Å². The monoisotopic (exact) mass is 299 g/mol. The zero-order valence-electron chi connectivity index (χ0n) is 13.1. The summed E-state index contributed by atoms with van der Waals surface area (Å²) in [5.74, 6) is 1.52. The smallest absolute Gasteiger partial charge is 0.136 e. The van der Waals surface area contributed by atoms with Crippen LogP contribution in [-0.2, 0) is 16.1 Å². The molecule has 0 spiro atoms. The van der Waals surface area contributed by atoms with Crippen LogP contribution in [-0.4, -0.2) is 36.0 Å². The number of nitrogens with zero attached hydrogens (tertiary/aromatic N) is 1. The number of piperidine rings is 1. The summed E-state index contributed by atoms with van der Waals surface area (Å²) >= 11 is 0. The van der Waals surface area contributed by atoms with Crippen LogP contribution in [0, 0.1) is 11.8 Å². The minimum absolute atomic E-state index is 0.284. The largest absolute Gasteiger partial charge is 0.378 e. The summed E-state index contributed by atoms with van der Waals surface area (Å²) in [5, 5.41) is 0. The molecular weight excluding hydrogens is 274 g/mol. The molecule has 0 aromatic heterocycles. The third-order valence-electron chi connectivity index (χ3n) is 5.52. The summed E-state index contributed by atoms with van der Waals surface area (Å²) in [7, 11) is 0. The van der Waals surface area contributed by atoms with Crippen LogP contribution < -0.4 is 0 Å². The Morgan fingerprint density at radius 1 is 1.09 bits per heavy atom. The summed E-state index contributed by atoms with van der Waals surface area (Å²) in [6, 6.07) is 11.5. The molecule has 22 heavy (non-hydrogen) atoms. The normalized spacial score (nSPS) is 31.9. The van der Waals surface area contributed by atoms with Crippen molar-refractivity contribution < 1.29 is 9.53 Å². The number of fused-ring (bicyclic) bond motifs is 2. The number of ether oxygens (including phenoxy) is 1. The van der Waals surface area contributed by atoms with E-state index in [1.54, 1.807) is 0 Å². The van der Waals surface area contributed by atoms with Gasteiger partial charge in [0.2, 0.25) is 0 Å². The number of ketones is 1. The number of carbonyl (C=O) groups excluding carboxylic acids is 1. The highest BCUT2D eigenvalue weighted by Gasteiger charge is 2.41. The lowest BCUT2D eigenvalue weighted by Crippen LogP contribution is -2.57. The Labute approximate surface area is 132 Å². The Hall–Kier alpha value is -1.19. The molecule has 2 bridgehead atoms. The molecule has 0 radical (unpaired) electrons. The van der Waals surface area contributed by atoms with Gasteiger partial charge in [0.25, 0.3) is 0 Å². The van der Waals surface area contributed by atoms with Crippen LogP contribution in [0.1, 0.15) is 37.7 Å². The lowest BCUT2D eigenvalue weighted by atomic mass is 9.81. The van der Waals surface area contributed by atoms with Crippen LogP contribution in [0.5, 0.6) is 0 Å². The fraction of sp³-hybridized carbons (Fsp3) is 0.632. The fourth-order valence-electron chi connectivity index (χ4n) is 4.08. The van der Waals surface area contributed by atoms with Gasteiger partial charge in [0.15, 0.2) is 0 Å². The molecule has 1 aromatic rings. The maximum absolute atomic E-state index is 12.5. The number of Topliss-reactive ketones (excluding diaryl/α,β-unsaturated/α-hetero) is 1. The van der Waals surface area contributed by atoms with Gasteiger partial charge >= 0.3 is 0 Å². The molecule has 2 unspecified atom stereocenters. The molecule has 2 heterocycles. The van der Waals surface area contributed by atoms with E-state index >= 15 is 0 Å². The van der Waals surface area contributed by atoms with Crippen LogP contribution in [0.4, 0.5) is 0 Å². The molecule has 3 fully saturated rings. The van der Waals surface area contributed by atoms with E-state index in [4.69, 9.17) is 4.74 Å². The maximum atomic E-state index is 12.5. The third kappa shape index (κ3) is 3.11. The van der Waals surface area contributed by atoms with Gasteiger partial charge in [0, 0.05) is 31.0 Å². The second-order valence-electron chi connectivity index (χ2n) is 7.29. The quantitative estimate of drug-likeness (QED) is 0.837. The van der Waals surface area contributed by atoms with Gasteiger partial charge in [-0.05, 0) is 37.2 Å². The predicted octanol–water partition coefficient (Wildman–Crippen LogP) is 3.04. The zero-order valence-corrected chi connectivity index (χ0v) is 13.1. The molecule has 0 amide bonds. The van der Waals surface area contributed by atoms with Crippen molar-refractivity contribution in [2.45, 2.75) is 50.7 Å². The van der Waals surface area contributed by atoms with Gasteiger partial charge in [-0.25, -0.2) is 0 Å². The third-order valence-corrected chi connectivity index (χ3v) is 5.52. The molecule has 1 aliphatic carbocycles. The van der Waals surface area contributed by atoms with Crippen molar-refractivity contribution in [3.63, 3.8) is 0 Å². The number of hydrogen-bond donors (Lipinski definition) is 0. The van der Waals surface area contributed by atoms with Crippen molar-refractivity contribution >= 4 is 5.78 Å².